The first-order chi connectivity index (χ1) is 13.6. The van der Waals surface area contributed by atoms with E-state index in [4.69, 9.17) is 15.5 Å². The zero-order chi connectivity index (χ0) is 19.7. The maximum atomic E-state index is 11.9. The highest BCUT2D eigenvalue weighted by Crippen LogP contribution is 2.32. The Labute approximate surface area is 170 Å². The smallest absolute Gasteiger partial charge is 0.250 e. The first-order valence-electron chi connectivity index (χ1n) is 8.55. The molecule has 0 aliphatic heterocycles. The van der Waals surface area contributed by atoms with Crippen molar-refractivity contribution >= 4 is 28.6 Å². The van der Waals surface area contributed by atoms with Gasteiger partial charge in [-0.3, -0.25) is 4.79 Å². The number of aromatic nitrogens is 3. The molecule has 0 unspecified atom stereocenters. The largest absolute Gasteiger partial charge is 0.481 e. The van der Waals surface area contributed by atoms with E-state index in [9.17, 15) is 4.79 Å². The summed E-state index contributed by atoms with van der Waals surface area (Å²) in [5.41, 5.74) is 9.55. The molecule has 142 valence electrons. The number of methoxy groups -OCH3 is 1. The lowest BCUT2D eigenvalue weighted by atomic mass is 10.2. The summed E-state index contributed by atoms with van der Waals surface area (Å²) in [6, 6.07) is 9.67. The number of amides is 1. The molecule has 0 fully saturated rings. The van der Waals surface area contributed by atoms with Crippen LogP contribution < -0.4 is 10.5 Å². The van der Waals surface area contributed by atoms with Crippen LogP contribution in [0.25, 0.3) is 22.0 Å². The summed E-state index contributed by atoms with van der Waals surface area (Å²) in [7, 11) is 1.59. The molecule has 28 heavy (non-hydrogen) atoms. The molecular weight excluding hydrogens is 392 g/mol. The molecular formula is C20H18N4O2S2. The van der Waals surface area contributed by atoms with E-state index < -0.39 is 5.91 Å². The monoisotopic (exact) mass is 410 g/mol. The first kappa shape index (κ1) is 18.4. The molecule has 6 nitrogen and oxygen atoms in total. The number of rotatable bonds is 6. The fourth-order valence-corrected chi connectivity index (χ4v) is 4.52. The second-order valence-electron chi connectivity index (χ2n) is 6.19. The fourth-order valence-electron chi connectivity index (χ4n) is 3.02. The summed E-state index contributed by atoms with van der Waals surface area (Å²) < 4.78 is 7.20. The third kappa shape index (κ3) is 3.44. The molecule has 0 bridgehead atoms. The van der Waals surface area contributed by atoms with Gasteiger partial charge in [-0.05, 0) is 30.5 Å². The van der Waals surface area contributed by atoms with Gasteiger partial charge in [0.2, 0.25) is 5.88 Å². The van der Waals surface area contributed by atoms with Crippen molar-refractivity contribution < 1.29 is 9.53 Å². The highest BCUT2D eigenvalue weighted by molar-refractivity contribution is 7.13. The summed E-state index contributed by atoms with van der Waals surface area (Å²) in [4.78, 5) is 22.1. The zero-order valence-corrected chi connectivity index (χ0v) is 17.0. The summed E-state index contributed by atoms with van der Waals surface area (Å²) >= 11 is 3.21. The van der Waals surface area contributed by atoms with Crippen molar-refractivity contribution in [2.24, 2.45) is 5.73 Å². The number of primary amides is 1. The number of nitrogens with zero attached hydrogens (tertiary/aromatic N) is 3. The van der Waals surface area contributed by atoms with Gasteiger partial charge in [0, 0.05) is 33.8 Å². The third-order valence-electron chi connectivity index (χ3n) is 4.49. The van der Waals surface area contributed by atoms with Crippen LogP contribution in [0.4, 0.5) is 0 Å². The maximum Gasteiger partial charge on any atom is 0.250 e. The predicted octanol–water partition coefficient (Wildman–Crippen LogP) is 4.20. The number of thiophene rings is 1. The van der Waals surface area contributed by atoms with E-state index >= 15 is 0 Å². The minimum absolute atomic E-state index is 0.432. The summed E-state index contributed by atoms with van der Waals surface area (Å²) in [5, 5.41) is 4.89. The van der Waals surface area contributed by atoms with E-state index in [0.717, 1.165) is 27.7 Å². The molecule has 0 saturated carbocycles. The van der Waals surface area contributed by atoms with Gasteiger partial charge in [0.05, 0.1) is 30.6 Å². The Balaban J connectivity index is 1.75. The second-order valence-corrected chi connectivity index (χ2v) is 8.08. The Morgan fingerprint density at radius 3 is 2.79 bits per heavy atom. The van der Waals surface area contributed by atoms with Crippen LogP contribution in [-0.2, 0) is 6.54 Å². The molecule has 4 heterocycles. The number of nitrogens with two attached hydrogens (primary N) is 1. The van der Waals surface area contributed by atoms with Gasteiger partial charge in [-0.1, -0.05) is 6.07 Å². The van der Waals surface area contributed by atoms with E-state index in [1.54, 1.807) is 24.6 Å². The summed E-state index contributed by atoms with van der Waals surface area (Å²) in [6.45, 7) is 2.58. The topological polar surface area (TPSA) is 83.0 Å². The number of hydrogen-bond acceptors (Lipinski definition) is 6. The van der Waals surface area contributed by atoms with Crippen LogP contribution in [0.3, 0.4) is 0 Å². The van der Waals surface area contributed by atoms with Gasteiger partial charge in [0.25, 0.3) is 5.91 Å². The van der Waals surface area contributed by atoms with Crippen molar-refractivity contribution in [3.05, 3.63) is 63.4 Å². The first-order valence-corrected chi connectivity index (χ1v) is 10.3. The Morgan fingerprint density at radius 2 is 2.14 bits per heavy atom. The number of hydrogen-bond donors (Lipinski definition) is 1. The van der Waals surface area contributed by atoms with Crippen molar-refractivity contribution in [3.8, 4) is 27.8 Å². The SMILES string of the molecule is COc1ccc(-c2nc(-c3cc(C(N)=O)c(C)n3Cc3cccs3)cs2)cn1. The van der Waals surface area contributed by atoms with Crippen LogP contribution in [0.1, 0.15) is 20.9 Å². The Kier molecular flexibility index (Phi) is 4.97. The highest BCUT2D eigenvalue weighted by atomic mass is 32.1. The minimum Gasteiger partial charge on any atom is -0.481 e. The van der Waals surface area contributed by atoms with Gasteiger partial charge in [-0.2, -0.15) is 0 Å². The molecule has 0 atom stereocenters. The van der Waals surface area contributed by atoms with Crippen LogP contribution in [-0.4, -0.2) is 27.6 Å². The average Bonchev–Trinajstić information content (AvgIpc) is 3.44. The molecule has 4 rings (SSSR count). The normalized spacial score (nSPS) is 10.9. The van der Waals surface area contributed by atoms with Crippen molar-refractivity contribution in [2.45, 2.75) is 13.5 Å². The average molecular weight is 411 g/mol. The van der Waals surface area contributed by atoms with E-state index in [1.807, 2.05) is 41.9 Å². The Bertz CT molecular complexity index is 1110. The standard InChI is InChI=1S/C20H18N4O2S2/c1-12-15(19(21)25)8-17(24(12)10-14-4-3-7-27-14)16-11-28-20(23-16)13-5-6-18(26-2)22-9-13/h3-9,11H,10H2,1-2H3,(H2,21,25). The quantitative estimate of drug-likeness (QED) is 0.516. The van der Waals surface area contributed by atoms with Crippen LogP contribution in [0.2, 0.25) is 0 Å². The second kappa shape index (κ2) is 7.57. The van der Waals surface area contributed by atoms with Crippen molar-refractivity contribution in [1.82, 2.24) is 14.5 Å². The summed E-state index contributed by atoms with van der Waals surface area (Å²) in [6.07, 6.45) is 1.74. The van der Waals surface area contributed by atoms with Gasteiger partial charge in [-0.15, -0.1) is 22.7 Å². The molecule has 0 spiro atoms. The van der Waals surface area contributed by atoms with Gasteiger partial charge >= 0.3 is 0 Å². The fraction of sp³-hybridized carbons (Fsp3) is 0.150. The number of pyridine rings is 1. The number of thiazole rings is 1. The lowest BCUT2D eigenvalue weighted by Gasteiger charge is -2.09. The van der Waals surface area contributed by atoms with Crippen molar-refractivity contribution in [3.63, 3.8) is 0 Å². The van der Waals surface area contributed by atoms with Crippen LogP contribution in [0, 0.1) is 6.92 Å². The minimum atomic E-state index is -0.432. The maximum absolute atomic E-state index is 11.9. The van der Waals surface area contributed by atoms with Gasteiger partial charge in [0.15, 0.2) is 0 Å². The van der Waals surface area contributed by atoms with Gasteiger partial charge in [-0.25, -0.2) is 9.97 Å². The predicted molar refractivity (Wildman–Crippen MR) is 112 cm³/mol. The van der Waals surface area contributed by atoms with E-state index in [1.165, 1.54) is 16.2 Å². The Hall–Kier alpha value is -2.97. The van der Waals surface area contributed by atoms with Crippen LogP contribution >= 0.6 is 22.7 Å². The van der Waals surface area contributed by atoms with E-state index in [-0.39, 0.29) is 0 Å². The molecule has 0 aliphatic carbocycles. The van der Waals surface area contributed by atoms with Crippen LogP contribution in [0.5, 0.6) is 5.88 Å². The van der Waals surface area contributed by atoms with Crippen molar-refractivity contribution in [2.75, 3.05) is 7.11 Å². The molecule has 0 aromatic carbocycles. The number of ether oxygens (including phenoxy) is 1. The molecule has 4 aromatic rings. The summed E-state index contributed by atoms with van der Waals surface area (Å²) in [5.74, 6) is 0.130. The lowest BCUT2D eigenvalue weighted by molar-refractivity contribution is 0.0999. The third-order valence-corrected chi connectivity index (χ3v) is 6.24. The molecule has 0 saturated heterocycles. The van der Waals surface area contributed by atoms with Gasteiger partial charge < -0.3 is 15.0 Å². The zero-order valence-electron chi connectivity index (χ0n) is 15.4. The van der Waals surface area contributed by atoms with Crippen molar-refractivity contribution in [1.29, 1.82) is 0 Å². The van der Waals surface area contributed by atoms with E-state index in [2.05, 4.69) is 15.6 Å². The Morgan fingerprint density at radius 1 is 1.29 bits per heavy atom. The molecule has 8 heteroatoms. The van der Waals surface area contributed by atoms with Gasteiger partial charge in [0.1, 0.15) is 5.01 Å². The van der Waals surface area contributed by atoms with E-state index in [0.29, 0.717) is 18.0 Å². The molecule has 4 aromatic heterocycles. The number of carbonyl (C=O) groups is 1. The highest BCUT2D eigenvalue weighted by Gasteiger charge is 2.19. The molecule has 1 amide bonds. The molecule has 0 radical (unpaired) electrons. The molecule has 2 N–H and O–H groups in total. The van der Waals surface area contributed by atoms with Crippen LogP contribution in [0.15, 0.2) is 47.3 Å². The molecule has 0 aliphatic rings. The lowest BCUT2D eigenvalue weighted by Crippen LogP contribution is -2.12. The number of carbonyl (C=O) groups excluding carboxylic acids is 1.